The molecule has 3 aromatic carbocycles. The van der Waals surface area contributed by atoms with E-state index in [0.29, 0.717) is 34.3 Å². The summed E-state index contributed by atoms with van der Waals surface area (Å²) in [5.41, 5.74) is 2.06. The van der Waals surface area contributed by atoms with Gasteiger partial charge in [0.2, 0.25) is 11.8 Å². The summed E-state index contributed by atoms with van der Waals surface area (Å²) in [5, 5.41) is 3.61. The van der Waals surface area contributed by atoms with E-state index in [2.05, 4.69) is 5.32 Å². The smallest absolute Gasteiger partial charge is 0.264 e. The second-order valence-corrected chi connectivity index (χ2v) is 12.4. The SMILES string of the molecule is CCCCNC(=O)C(CC)N(Cc1ccc(Cl)c(Cl)c1)C(=O)CN(c1ccc(CC)cc1)S(=O)(=O)c1ccccc1. The molecule has 0 heterocycles. The first-order valence-corrected chi connectivity index (χ1v) is 16.0. The van der Waals surface area contributed by atoms with Crippen LogP contribution in [-0.2, 0) is 32.6 Å². The number of nitrogens with zero attached hydrogens (tertiary/aromatic N) is 2. The molecule has 0 spiro atoms. The summed E-state index contributed by atoms with van der Waals surface area (Å²) in [6.45, 7) is 5.89. The van der Waals surface area contributed by atoms with E-state index in [-0.39, 0.29) is 17.3 Å². The second kappa shape index (κ2) is 15.2. The fourth-order valence-corrected chi connectivity index (χ4v) is 6.16. The van der Waals surface area contributed by atoms with Gasteiger partial charge in [-0.25, -0.2) is 8.42 Å². The van der Waals surface area contributed by atoms with Gasteiger partial charge in [-0.05, 0) is 66.8 Å². The monoisotopic (exact) mass is 617 g/mol. The molecule has 0 aromatic heterocycles. The lowest BCUT2D eigenvalue weighted by Gasteiger charge is -2.33. The highest BCUT2D eigenvalue weighted by molar-refractivity contribution is 7.92. The topological polar surface area (TPSA) is 86.8 Å². The molecule has 0 aliphatic rings. The first kappa shape index (κ1) is 32.4. The molecule has 220 valence electrons. The van der Waals surface area contributed by atoms with Crippen molar-refractivity contribution in [1.29, 1.82) is 0 Å². The van der Waals surface area contributed by atoms with Gasteiger partial charge in [-0.15, -0.1) is 0 Å². The molecule has 41 heavy (non-hydrogen) atoms. The normalized spacial score (nSPS) is 12.0. The Bertz CT molecular complexity index is 1420. The van der Waals surface area contributed by atoms with Gasteiger partial charge in [0, 0.05) is 13.1 Å². The number of unbranched alkanes of at least 4 members (excludes halogenated alkanes) is 1. The lowest BCUT2D eigenvalue weighted by atomic mass is 10.1. The summed E-state index contributed by atoms with van der Waals surface area (Å²) in [6, 6.07) is 19.3. The van der Waals surface area contributed by atoms with Crippen molar-refractivity contribution in [3.63, 3.8) is 0 Å². The Balaban J connectivity index is 2.04. The molecule has 7 nitrogen and oxygen atoms in total. The molecule has 0 saturated carbocycles. The Kier molecular flexibility index (Phi) is 12.1. The molecule has 0 bridgehead atoms. The third kappa shape index (κ3) is 8.47. The quantitative estimate of drug-likeness (QED) is 0.210. The van der Waals surface area contributed by atoms with E-state index >= 15 is 0 Å². The number of hydrogen-bond acceptors (Lipinski definition) is 4. The maximum Gasteiger partial charge on any atom is 0.264 e. The van der Waals surface area contributed by atoms with Crippen molar-refractivity contribution in [2.24, 2.45) is 0 Å². The molecular formula is C31H37Cl2N3O4S. The van der Waals surface area contributed by atoms with Crippen LogP contribution in [0.3, 0.4) is 0 Å². The highest BCUT2D eigenvalue weighted by Crippen LogP contribution is 2.27. The lowest BCUT2D eigenvalue weighted by molar-refractivity contribution is -0.140. The molecule has 0 saturated heterocycles. The summed E-state index contributed by atoms with van der Waals surface area (Å²) in [4.78, 5) is 28.9. The number of halogens is 2. The second-order valence-electron chi connectivity index (χ2n) is 9.68. The molecule has 1 atom stereocenters. The van der Waals surface area contributed by atoms with E-state index in [1.807, 2.05) is 32.9 Å². The molecule has 3 aromatic rings. The van der Waals surface area contributed by atoms with E-state index in [9.17, 15) is 18.0 Å². The molecule has 3 rings (SSSR count). The summed E-state index contributed by atoms with van der Waals surface area (Å²) < 4.78 is 28.9. The maximum atomic E-state index is 14.1. The van der Waals surface area contributed by atoms with Crippen LogP contribution in [0.2, 0.25) is 10.0 Å². The number of sulfonamides is 1. The van der Waals surface area contributed by atoms with E-state index in [1.54, 1.807) is 48.5 Å². The first-order chi connectivity index (χ1) is 19.6. The Hall–Kier alpha value is -3.07. The summed E-state index contributed by atoms with van der Waals surface area (Å²) in [7, 11) is -4.11. The highest BCUT2D eigenvalue weighted by Gasteiger charge is 2.33. The van der Waals surface area contributed by atoms with Crippen LogP contribution in [0.5, 0.6) is 0 Å². The Morgan fingerprint density at radius 2 is 1.54 bits per heavy atom. The van der Waals surface area contributed by atoms with E-state index in [4.69, 9.17) is 23.2 Å². The predicted molar refractivity (Wildman–Crippen MR) is 166 cm³/mol. The number of carbonyl (C=O) groups excluding carboxylic acids is 2. The molecular weight excluding hydrogens is 581 g/mol. The average Bonchev–Trinajstić information content (AvgIpc) is 2.98. The Morgan fingerprint density at radius 3 is 2.12 bits per heavy atom. The fourth-order valence-electron chi connectivity index (χ4n) is 4.41. The minimum absolute atomic E-state index is 0.0451. The van der Waals surface area contributed by atoms with Gasteiger partial charge < -0.3 is 10.2 Å². The van der Waals surface area contributed by atoms with Crippen molar-refractivity contribution in [3.8, 4) is 0 Å². The standard InChI is InChI=1S/C31H37Cl2N3O4S/c1-4-7-19-34-31(38)29(6-3)35(21-24-15-18-27(32)28(33)20-24)30(37)22-36(25-16-13-23(5-2)14-17-25)41(39,40)26-11-9-8-10-12-26/h8-18,20,29H,4-7,19,21-22H2,1-3H3,(H,34,38). The van der Waals surface area contributed by atoms with Crippen molar-refractivity contribution in [2.45, 2.75) is 63.9 Å². The van der Waals surface area contributed by atoms with Crippen molar-refractivity contribution in [2.75, 3.05) is 17.4 Å². The molecule has 1 unspecified atom stereocenters. The molecule has 0 aliphatic heterocycles. The number of anilines is 1. The van der Waals surface area contributed by atoms with Crippen molar-refractivity contribution >= 4 is 50.7 Å². The average molecular weight is 619 g/mol. The third-order valence-corrected chi connectivity index (χ3v) is 9.32. The van der Waals surface area contributed by atoms with Gasteiger partial charge >= 0.3 is 0 Å². The minimum atomic E-state index is -4.11. The summed E-state index contributed by atoms with van der Waals surface area (Å²) in [5.74, 6) is -0.813. The Morgan fingerprint density at radius 1 is 0.878 bits per heavy atom. The number of carbonyl (C=O) groups is 2. The molecule has 1 N–H and O–H groups in total. The molecule has 10 heteroatoms. The van der Waals surface area contributed by atoms with Crippen LogP contribution in [0.4, 0.5) is 5.69 Å². The van der Waals surface area contributed by atoms with Gasteiger partial charge in [0.1, 0.15) is 12.6 Å². The van der Waals surface area contributed by atoms with Crippen LogP contribution < -0.4 is 9.62 Å². The van der Waals surface area contributed by atoms with Gasteiger partial charge in [0.15, 0.2) is 0 Å². The lowest BCUT2D eigenvalue weighted by Crippen LogP contribution is -2.52. The molecule has 0 fully saturated rings. The number of rotatable bonds is 14. The third-order valence-electron chi connectivity index (χ3n) is 6.80. The number of nitrogens with one attached hydrogen (secondary N) is 1. The van der Waals surface area contributed by atoms with Crippen LogP contribution in [0.1, 0.15) is 51.2 Å². The number of amides is 2. The number of benzene rings is 3. The van der Waals surface area contributed by atoms with Crippen LogP contribution in [0.25, 0.3) is 0 Å². The van der Waals surface area contributed by atoms with Crippen molar-refractivity contribution in [1.82, 2.24) is 10.2 Å². The van der Waals surface area contributed by atoms with Crippen LogP contribution in [0, 0.1) is 0 Å². The van der Waals surface area contributed by atoms with Gasteiger partial charge in [-0.3, -0.25) is 13.9 Å². The van der Waals surface area contributed by atoms with Crippen LogP contribution >= 0.6 is 23.2 Å². The minimum Gasteiger partial charge on any atom is -0.354 e. The molecule has 2 amide bonds. The van der Waals surface area contributed by atoms with Crippen LogP contribution in [-0.4, -0.2) is 44.3 Å². The summed E-state index contributed by atoms with van der Waals surface area (Å²) in [6.07, 6.45) is 2.83. The van der Waals surface area contributed by atoms with E-state index in [0.717, 1.165) is 29.1 Å². The van der Waals surface area contributed by atoms with E-state index in [1.165, 1.54) is 17.0 Å². The van der Waals surface area contributed by atoms with Gasteiger partial charge in [0.05, 0.1) is 20.6 Å². The largest absolute Gasteiger partial charge is 0.354 e. The predicted octanol–water partition coefficient (Wildman–Crippen LogP) is 6.47. The zero-order valence-electron chi connectivity index (χ0n) is 23.6. The van der Waals surface area contributed by atoms with Gasteiger partial charge in [-0.2, -0.15) is 0 Å². The fraction of sp³-hybridized carbons (Fsp3) is 0.355. The Labute approximate surface area is 253 Å². The number of aryl methyl sites for hydroxylation is 1. The van der Waals surface area contributed by atoms with Crippen LogP contribution in [0.15, 0.2) is 77.7 Å². The molecule has 0 radical (unpaired) electrons. The van der Waals surface area contributed by atoms with E-state index < -0.39 is 28.5 Å². The summed E-state index contributed by atoms with van der Waals surface area (Å²) >= 11 is 12.4. The zero-order chi connectivity index (χ0) is 30.0. The van der Waals surface area contributed by atoms with Gasteiger partial charge in [0.25, 0.3) is 10.0 Å². The van der Waals surface area contributed by atoms with Gasteiger partial charge in [-0.1, -0.05) is 86.8 Å². The maximum absolute atomic E-state index is 14.1. The number of hydrogen-bond donors (Lipinski definition) is 1. The molecule has 0 aliphatic carbocycles. The van der Waals surface area contributed by atoms with Crippen molar-refractivity contribution < 1.29 is 18.0 Å². The first-order valence-electron chi connectivity index (χ1n) is 13.8. The highest BCUT2D eigenvalue weighted by atomic mass is 35.5. The van der Waals surface area contributed by atoms with Crippen molar-refractivity contribution in [3.05, 3.63) is 94.0 Å². The zero-order valence-corrected chi connectivity index (χ0v) is 26.0.